The molecular formula is C12H12N6. The zero-order chi connectivity index (χ0) is 12.4. The van der Waals surface area contributed by atoms with E-state index < -0.39 is 0 Å². The van der Waals surface area contributed by atoms with Crippen molar-refractivity contribution < 1.29 is 0 Å². The van der Waals surface area contributed by atoms with E-state index in [0.29, 0.717) is 12.5 Å². The Balaban J connectivity index is 1.96. The van der Waals surface area contributed by atoms with Gasteiger partial charge in [-0.15, -0.1) is 5.10 Å². The minimum Gasteiger partial charge on any atom is -0.297 e. The third kappa shape index (κ3) is 1.88. The van der Waals surface area contributed by atoms with E-state index in [1.807, 2.05) is 36.4 Å². The van der Waals surface area contributed by atoms with Crippen molar-refractivity contribution in [2.45, 2.75) is 0 Å². The smallest absolute Gasteiger partial charge is 0.229 e. The summed E-state index contributed by atoms with van der Waals surface area (Å²) in [6.45, 7) is 0.568. The van der Waals surface area contributed by atoms with Crippen molar-refractivity contribution in [1.29, 1.82) is 0 Å². The van der Waals surface area contributed by atoms with Crippen LogP contribution in [0.5, 0.6) is 0 Å². The monoisotopic (exact) mass is 240 g/mol. The highest BCUT2D eigenvalue weighted by molar-refractivity contribution is 5.73. The van der Waals surface area contributed by atoms with Crippen LogP contribution in [0, 0.1) is 0 Å². The molecule has 0 spiro atoms. The van der Waals surface area contributed by atoms with Gasteiger partial charge in [-0.3, -0.25) is 14.9 Å². The topological polar surface area (TPSA) is 59.2 Å². The number of rotatable bonds is 2. The Kier molecular flexibility index (Phi) is 2.60. The molecule has 0 N–H and O–H groups in total. The summed E-state index contributed by atoms with van der Waals surface area (Å²) in [5.74, 6) is 1.47. The van der Waals surface area contributed by atoms with Crippen molar-refractivity contribution in [2.75, 3.05) is 11.6 Å². The Morgan fingerprint density at radius 3 is 2.78 bits per heavy atom. The molecule has 0 aliphatic carbocycles. The fourth-order valence-electron chi connectivity index (χ4n) is 1.77. The first-order chi connectivity index (χ1) is 8.84. The third-order valence-electron chi connectivity index (χ3n) is 2.63. The van der Waals surface area contributed by atoms with E-state index in [0.717, 1.165) is 11.5 Å². The molecule has 0 atom stereocenters. The van der Waals surface area contributed by atoms with E-state index >= 15 is 0 Å². The Morgan fingerprint density at radius 2 is 2.06 bits per heavy atom. The van der Waals surface area contributed by atoms with Gasteiger partial charge in [-0.2, -0.15) is 4.98 Å². The third-order valence-corrected chi connectivity index (χ3v) is 2.63. The van der Waals surface area contributed by atoms with Crippen molar-refractivity contribution in [1.82, 2.24) is 19.7 Å². The predicted molar refractivity (Wildman–Crippen MR) is 69.2 cm³/mol. The molecular weight excluding hydrogens is 228 g/mol. The number of anilines is 1. The molecule has 3 heterocycles. The van der Waals surface area contributed by atoms with Gasteiger partial charge >= 0.3 is 0 Å². The zero-order valence-electron chi connectivity index (χ0n) is 9.93. The first kappa shape index (κ1) is 10.6. The molecule has 0 bridgehead atoms. The predicted octanol–water partition coefficient (Wildman–Crippen LogP) is 1.24. The van der Waals surface area contributed by atoms with Crippen LogP contribution in [0.4, 0.5) is 5.95 Å². The maximum absolute atomic E-state index is 4.53. The van der Waals surface area contributed by atoms with Crippen molar-refractivity contribution in [3.05, 3.63) is 36.8 Å². The fourth-order valence-corrected chi connectivity index (χ4v) is 1.77. The average molecular weight is 240 g/mol. The Morgan fingerprint density at radius 1 is 1.22 bits per heavy atom. The molecule has 0 saturated heterocycles. The highest BCUT2D eigenvalue weighted by Crippen LogP contribution is 2.19. The summed E-state index contributed by atoms with van der Waals surface area (Å²) in [5, 5.41) is 4.41. The van der Waals surface area contributed by atoms with Crippen LogP contribution in [0.25, 0.3) is 11.4 Å². The quantitative estimate of drug-likeness (QED) is 0.792. The fraction of sp³-hybridized carbons (Fsp3) is 0.167. The number of aromatic nitrogens is 4. The minimum atomic E-state index is 0.568. The molecule has 2 aromatic heterocycles. The summed E-state index contributed by atoms with van der Waals surface area (Å²) in [6.07, 6.45) is 9.06. The second-order valence-corrected chi connectivity index (χ2v) is 3.88. The van der Waals surface area contributed by atoms with Crippen molar-refractivity contribution in [3.8, 4) is 11.4 Å². The molecule has 2 aromatic rings. The van der Waals surface area contributed by atoms with E-state index in [1.165, 1.54) is 0 Å². The normalized spacial score (nSPS) is 14.2. The summed E-state index contributed by atoms with van der Waals surface area (Å²) in [7, 11) is 1.87. The van der Waals surface area contributed by atoms with Crippen LogP contribution in [-0.2, 0) is 7.05 Å². The first-order valence-electron chi connectivity index (χ1n) is 5.59. The van der Waals surface area contributed by atoms with E-state index in [1.54, 1.807) is 23.3 Å². The van der Waals surface area contributed by atoms with Gasteiger partial charge in [-0.05, 0) is 18.2 Å². The summed E-state index contributed by atoms with van der Waals surface area (Å²) >= 11 is 0. The molecule has 90 valence electrons. The largest absolute Gasteiger partial charge is 0.297 e. The van der Waals surface area contributed by atoms with Gasteiger partial charge in [0, 0.05) is 37.4 Å². The van der Waals surface area contributed by atoms with Gasteiger partial charge in [0.1, 0.15) is 6.67 Å². The summed E-state index contributed by atoms with van der Waals surface area (Å²) in [4.78, 5) is 14.6. The lowest BCUT2D eigenvalue weighted by Crippen LogP contribution is -2.21. The first-order valence-corrected chi connectivity index (χ1v) is 5.59. The lowest BCUT2D eigenvalue weighted by molar-refractivity contribution is 0.743. The number of hydrogen-bond acceptors (Lipinski definition) is 5. The van der Waals surface area contributed by atoms with E-state index in [-0.39, 0.29) is 0 Å². The zero-order valence-corrected chi connectivity index (χ0v) is 9.93. The molecule has 6 nitrogen and oxygen atoms in total. The lowest BCUT2D eigenvalue weighted by Gasteiger charge is -2.17. The van der Waals surface area contributed by atoms with Crippen molar-refractivity contribution in [2.24, 2.45) is 12.0 Å². The van der Waals surface area contributed by atoms with Crippen molar-refractivity contribution in [3.63, 3.8) is 0 Å². The van der Waals surface area contributed by atoms with Gasteiger partial charge in [0.2, 0.25) is 5.95 Å². The SMILES string of the molecule is Cn1nc(-c2ccncc2)nc1N1C=CC=NC1. The number of hydrogen-bond donors (Lipinski definition) is 0. The molecule has 0 unspecified atom stereocenters. The molecule has 1 aliphatic rings. The van der Waals surface area contributed by atoms with Gasteiger partial charge < -0.3 is 0 Å². The molecule has 1 aliphatic heterocycles. The number of nitrogens with zero attached hydrogens (tertiary/aromatic N) is 6. The molecule has 0 aromatic carbocycles. The minimum absolute atomic E-state index is 0.568. The second-order valence-electron chi connectivity index (χ2n) is 3.88. The van der Waals surface area contributed by atoms with Crippen LogP contribution < -0.4 is 4.90 Å². The molecule has 0 radical (unpaired) electrons. The molecule has 0 fully saturated rings. The van der Waals surface area contributed by atoms with E-state index in [9.17, 15) is 0 Å². The maximum atomic E-state index is 4.53. The number of aryl methyl sites for hydroxylation is 1. The van der Waals surface area contributed by atoms with Gasteiger partial charge in [0.25, 0.3) is 0 Å². The van der Waals surface area contributed by atoms with Crippen LogP contribution in [0.3, 0.4) is 0 Å². The van der Waals surface area contributed by atoms with Crippen LogP contribution in [0.1, 0.15) is 0 Å². The van der Waals surface area contributed by atoms with Crippen molar-refractivity contribution >= 4 is 12.2 Å². The van der Waals surface area contributed by atoms with Crippen LogP contribution in [0.2, 0.25) is 0 Å². The van der Waals surface area contributed by atoms with Crippen LogP contribution >= 0.6 is 0 Å². The Bertz CT molecular complexity index is 598. The second kappa shape index (κ2) is 4.40. The molecule has 0 amide bonds. The van der Waals surface area contributed by atoms with E-state index in [4.69, 9.17) is 0 Å². The summed E-state index contributed by atoms with van der Waals surface area (Å²) in [6, 6.07) is 3.78. The summed E-state index contributed by atoms with van der Waals surface area (Å²) in [5.41, 5.74) is 0.955. The molecule has 18 heavy (non-hydrogen) atoms. The standard InChI is InChI=1S/C12H12N6/c1-17-12(18-8-2-5-14-9-18)15-11(16-17)10-3-6-13-7-4-10/h2-8H,9H2,1H3. The number of aliphatic imine (C=N–C) groups is 1. The average Bonchev–Trinajstić information content (AvgIpc) is 2.83. The molecule has 3 rings (SSSR count). The number of pyridine rings is 1. The van der Waals surface area contributed by atoms with Gasteiger partial charge in [0.05, 0.1) is 0 Å². The van der Waals surface area contributed by atoms with Crippen LogP contribution in [0.15, 0.2) is 41.8 Å². The highest BCUT2D eigenvalue weighted by atomic mass is 15.4. The van der Waals surface area contributed by atoms with Gasteiger partial charge in [0.15, 0.2) is 5.82 Å². The Hall–Kier alpha value is -2.50. The number of allylic oxidation sites excluding steroid dienone is 1. The Labute approximate surface area is 104 Å². The maximum Gasteiger partial charge on any atom is 0.229 e. The highest BCUT2D eigenvalue weighted by Gasteiger charge is 2.14. The molecule has 6 heteroatoms. The van der Waals surface area contributed by atoms with Crippen LogP contribution in [-0.4, -0.2) is 32.6 Å². The van der Waals surface area contributed by atoms with Gasteiger partial charge in [-0.25, -0.2) is 4.68 Å². The summed E-state index contributed by atoms with van der Waals surface area (Å²) < 4.78 is 1.75. The van der Waals surface area contributed by atoms with Gasteiger partial charge in [-0.1, -0.05) is 0 Å². The lowest BCUT2D eigenvalue weighted by atomic mass is 10.3. The molecule has 0 saturated carbocycles. The van der Waals surface area contributed by atoms with E-state index in [2.05, 4.69) is 20.1 Å².